The lowest BCUT2D eigenvalue weighted by molar-refractivity contribution is 0.0863. The molecule has 3 aliphatic rings. The van der Waals surface area contributed by atoms with Gasteiger partial charge in [0.25, 0.3) is 23.6 Å². The molecule has 48 heavy (non-hydrogen) atoms. The molecule has 4 aromatic carbocycles. The average molecular weight is 635 g/mol. The van der Waals surface area contributed by atoms with Gasteiger partial charge >= 0.3 is 0 Å². The van der Waals surface area contributed by atoms with Gasteiger partial charge in [0.15, 0.2) is 0 Å². The number of carbonyl (C=O) groups excluding carboxylic acids is 4. The smallest absolute Gasteiger partial charge is 0.259 e. The second kappa shape index (κ2) is 10.3. The summed E-state index contributed by atoms with van der Waals surface area (Å²) in [4.78, 5) is 63.0. The molecule has 4 bridgehead atoms. The molecule has 236 valence electrons. The minimum absolute atomic E-state index is 0.378. The van der Waals surface area contributed by atoms with Crippen molar-refractivity contribution in [2.45, 2.75) is 39.8 Å². The second-order valence-electron chi connectivity index (χ2n) is 12.7. The first-order chi connectivity index (χ1) is 23.3. The first-order valence-corrected chi connectivity index (χ1v) is 16.2. The summed E-state index contributed by atoms with van der Waals surface area (Å²) in [5.74, 6) is -1.58. The summed E-state index contributed by atoms with van der Waals surface area (Å²) in [6.07, 6.45) is 1.34. The predicted molar refractivity (Wildman–Crippen MR) is 186 cm³/mol. The zero-order valence-corrected chi connectivity index (χ0v) is 26.4. The van der Waals surface area contributed by atoms with Crippen LogP contribution >= 0.6 is 0 Å². The Balaban J connectivity index is 1.26. The van der Waals surface area contributed by atoms with Crippen molar-refractivity contribution in [2.75, 3.05) is 13.1 Å². The molecule has 0 atom stereocenters. The average Bonchev–Trinajstić information content (AvgIpc) is 3.77. The largest absolute Gasteiger partial charge is 0.340 e. The van der Waals surface area contributed by atoms with E-state index < -0.39 is 11.8 Å². The lowest BCUT2D eigenvalue weighted by Gasteiger charge is -2.13. The molecule has 0 saturated heterocycles. The van der Waals surface area contributed by atoms with Crippen LogP contribution in [0.4, 0.5) is 0 Å². The van der Waals surface area contributed by atoms with E-state index in [2.05, 4.69) is 19.8 Å². The van der Waals surface area contributed by atoms with Crippen LogP contribution in [0, 0.1) is 0 Å². The van der Waals surface area contributed by atoms with Crippen LogP contribution < -0.4 is 10.6 Å². The fourth-order valence-corrected chi connectivity index (χ4v) is 7.97. The highest BCUT2D eigenvalue weighted by molar-refractivity contribution is 6.34. The van der Waals surface area contributed by atoms with Crippen LogP contribution in [-0.4, -0.2) is 57.3 Å². The molecule has 3 aliphatic heterocycles. The number of aromatic nitrogens is 2. The molecule has 4 amide bonds. The Morgan fingerprint density at radius 3 is 1.38 bits per heavy atom. The quantitative estimate of drug-likeness (QED) is 0.205. The van der Waals surface area contributed by atoms with Crippen LogP contribution in [0.15, 0.2) is 70.6 Å². The maximum absolute atomic E-state index is 13.3. The van der Waals surface area contributed by atoms with Gasteiger partial charge in [-0.2, -0.15) is 0 Å². The summed E-state index contributed by atoms with van der Waals surface area (Å²) in [6.45, 7) is 5.95. The third-order valence-corrected chi connectivity index (χ3v) is 10.0. The number of nitrogens with one attached hydrogen (secondary N) is 2. The molecule has 10 nitrogen and oxygen atoms in total. The van der Waals surface area contributed by atoms with Crippen LogP contribution in [-0.2, 0) is 13.1 Å². The van der Waals surface area contributed by atoms with Crippen molar-refractivity contribution >= 4 is 78.7 Å². The monoisotopic (exact) mass is 634 g/mol. The summed E-state index contributed by atoms with van der Waals surface area (Å²) in [5.41, 5.74) is 7.93. The van der Waals surface area contributed by atoms with E-state index in [1.165, 1.54) is 0 Å². The number of para-hydroxylation sites is 2. The van der Waals surface area contributed by atoms with Crippen LogP contribution in [0.5, 0.6) is 0 Å². The molecule has 5 heterocycles. The number of rotatable bonds is 0. The Bertz CT molecular complexity index is 2390. The maximum atomic E-state index is 13.3. The fraction of sp³-hybridized carbons (Fsp3) is 0.211. The molecule has 2 N–H and O–H groups in total. The SMILES string of the molecule is CC1=NCCCn2c3ccccc3c3c4c(c(cc32)C(C)=NCCCn2c3ccccc3c3c5c(c1cc32)C(=O)NC5=O)C(=O)NC4=O. The highest BCUT2D eigenvalue weighted by atomic mass is 16.2. The van der Waals surface area contributed by atoms with Crippen LogP contribution in [0.1, 0.15) is 79.2 Å². The topological polar surface area (TPSA) is 127 Å². The molecular formula is C38H30N6O4. The third kappa shape index (κ3) is 3.86. The standard InChI is InChI=1S/C38H30N6O4/c1-19-23-17-27-29(33-31(23)35(45)41-37(33)47)21-9-3-5-11-25(21)43(27)16-8-14-40-20(2)24-18-28-30(34-32(24)36(46)42-38(34)48)22-10-4-6-12-26(22)44(28)15-7-13-39-19/h3-6,9-12,17-18H,7-8,13-16H2,1-2H3,(H,41,45,47)(H,42,46,48). The van der Waals surface area contributed by atoms with Crippen molar-refractivity contribution in [1.29, 1.82) is 0 Å². The highest BCUT2D eigenvalue weighted by Crippen LogP contribution is 2.39. The zero-order valence-electron chi connectivity index (χ0n) is 26.4. The number of nitrogens with zero attached hydrogens (tertiary/aromatic N) is 4. The summed E-state index contributed by atoms with van der Waals surface area (Å²) < 4.78 is 4.39. The highest BCUT2D eigenvalue weighted by Gasteiger charge is 2.36. The zero-order chi connectivity index (χ0) is 32.8. The number of fused-ring (bicyclic) bond motifs is 14. The summed E-state index contributed by atoms with van der Waals surface area (Å²) in [6, 6.07) is 19.9. The number of hydrogen-bond acceptors (Lipinski definition) is 6. The van der Waals surface area contributed by atoms with E-state index in [1.54, 1.807) is 0 Å². The van der Waals surface area contributed by atoms with Gasteiger partial charge in [-0.1, -0.05) is 36.4 Å². The fourth-order valence-electron chi connectivity index (χ4n) is 7.97. The van der Waals surface area contributed by atoms with E-state index in [0.29, 0.717) is 83.8 Å². The molecule has 6 aromatic rings. The Morgan fingerprint density at radius 2 is 0.938 bits per heavy atom. The Labute approximate surface area is 274 Å². The molecule has 2 aromatic heterocycles. The molecule has 0 aliphatic carbocycles. The lowest BCUT2D eigenvalue weighted by Crippen LogP contribution is -2.20. The number of imide groups is 2. The van der Waals surface area contributed by atoms with Crippen LogP contribution in [0.25, 0.3) is 43.6 Å². The lowest BCUT2D eigenvalue weighted by atomic mass is 9.94. The van der Waals surface area contributed by atoms with E-state index in [0.717, 1.165) is 43.6 Å². The van der Waals surface area contributed by atoms with E-state index in [4.69, 9.17) is 9.98 Å². The van der Waals surface area contributed by atoms with E-state index in [9.17, 15) is 19.2 Å². The number of aliphatic imine (C=N–C) groups is 2. The van der Waals surface area contributed by atoms with E-state index >= 15 is 0 Å². The van der Waals surface area contributed by atoms with Gasteiger partial charge in [-0.05, 0) is 51.0 Å². The second-order valence-corrected chi connectivity index (χ2v) is 12.7. The van der Waals surface area contributed by atoms with Crippen molar-refractivity contribution in [3.8, 4) is 0 Å². The van der Waals surface area contributed by atoms with Gasteiger partial charge in [-0.3, -0.25) is 39.8 Å². The first-order valence-electron chi connectivity index (χ1n) is 16.2. The van der Waals surface area contributed by atoms with Crippen LogP contribution in [0.2, 0.25) is 0 Å². The van der Waals surface area contributed by atoms with Crippen molar-refractivity contribution in [3.05, 3.63) is 94.0 Å². The van der Waals surface area contributed by atoms with Crippen molar-refractivity contribution < 1.29 is 19.2 Å². The van der Waals surface area contributed by atoms with Gasteiger partial charge in [0.05, 0.1) is 33.3 Å². The van der Waals surface area contributed by atoms with E-state index in [1.807, 2.05) is 74.5 Å². The van der Waals surface area contributed by atoms with Crippen molar-refractivity contribution in [3.63, 3.8) is 0 Å². The molecule has 0 radical (unpaired) electrons. The molecule has 9 rings (SSSR count). The Hall–Kier alpha value is -5.90. The number of benzene rings is 4. The number of aryl methyl sites for hydroxylation is 2. The summed E-state index contributed by atoms with van der Waals surface area (Å²) >= 11 is 0. The van der Waals surface area contributed by atoms with Gasteiger partial charge in [0.2, 0.25) is 0 Å². The molecular weight excluding hydrogens is 604 g/mol. The number of hydrogen-bond donors (Lipinski definition) is 2. The minimum atomic E-state index is -0.402. The maximum Gasteiger partial charge on any atom is 0.259 e. The molecule has 0 fully saturated rings. The van der Waals surface area contributed by atoms with E-state index in [-0.39, 0.29) is 11.8 Å². The van der Waals surface area contributed by atoms with Gasteiger partial charge in [-0.15, -0.1) is 0 Å². The Morgan fingerprint density at radius 1 is 0.542 bits per heavy atom. The molecule has 0 spiro atoms. The van der Waals surface area contributed by atoms with Gasteiger partial charge in [-0.25, -0.2) is 0 Å². The summed E-state index contributed by atoms with van der Waals surface area (Å²) in [7, 11) is 0. The molecule has 0 saturated carbocycles. The van der Waals surface area contributed by atoms with Gasteiger partial charge in [0.1, 0.15) is 0 Å². The van der Waals surface area contributed by atoms with Gasteiger partial charge < -0.3 is 9.13 Å². The Kier molecular flexibility index (Phi) is 6.08. The van der Waals surface area contributed by atoms with Gasteiger partial charge in [0, 0.05) is 81.3 Å². The summed E-state index contributed by atoms with van der Waals surface area (Å²) in [5, 5.41) is 8.43. The molecule has 10 heteroatoms. The van der Waals surface area contributed by atoms with Crippen LogP contribution in [0.3, 0.4) is 0 Å². The number of amides is 4. The minimum Gasteiger partial charge on any atom is -0.340 e. The predicted octanol–water partition coefficient (Wildman–Crippen LogP) is 5.78. The van der Waals surface area contributed by atoms with Crippen molar-refractivity contribution in [2.24, 2.45) is 9.98 Å². The molecule has 0 unspecified atom stereocenters. The number of carbonyl (C=O) groups is 4. The first kappa shape index (κ1) is 28.3. The normalized spacial score (nSPS) is 16.8. The van der Waals surface area contributed by atoms with Crippen molar-refractivity contribution in [1.82, 2.24) is 19.8 Å². The third-order valence-electron chi connectivity index (χ3n) is 10.0.